The molecule has 0 amide bonds. The van der Waals surface area contributed by atoms with E-state index in [2.05, 4.69) is 30.8 Å². The molecule has 2 rings (SSSR count). The largest absolute Gasteiger partial charge is 0.398 e. The molecule has 2 unspecified atom stereocenters. The summed E-state index contributed by atoms with van der Waals surface area (Å²) in [4.78, 5) is 4.53. The normalized spacial score (nSPS) is 24.9. The van der Waals surface area contributed by atoms with Gasteiger partial charge in [0, 0.05) is 36.9 Å². The van der Waals surface area contributed by atoms with Crippen LogP contribution in [-0.2, 0) is 6.54 Å². The van der Waals surface area contributed by atoms with Gasteiger partial charge in [-0.25, -0.2) is 4.39 Å². The van der Waals surface area contributed by atoms with Crippen molar-refractivity contribution < 1.29 is 4.39 Å². The van der Waals surface area contributed by atoms with Crippen molar-refractivity contribution in [3.05, 3.63) is 29.6 Å². The third-order valence-corrected chi connectivity index (χ3v) is 3.85. The summed E-state index contributed by atoms with van der Waals surface area (Å²) in [5.41, 5.74) is 7.03. The van der Waals surface area contributed by atoms with Gasteiger partial charge in [0.1, 0.15) is 5.82 Å². The van der Waals surface area contributed by atoms with Crippen molar-refractivity contribution in [3.63, 3.8) is 0 Å². The van der Waals surface area contributed by atoms with Gasteiger partial charge in [0.15, 0.2) is 0 Å². The minimum Gasteiger partial charge on any atom is -0.398 e. The predicted octanol–water partition coefficient (Wildman–Crippen LogP) is 1.79. The molecule has 1 aliphatic rings. The molecule has 2 N–H and O–H groups in total. The molecule has 0 aromatic heterocycles. The molecule has 1 aromatic carbocycles. The van der Waals surface area contributed by atoms with Crippen LogP contribution in [0.4, 0.5) is 10.1 Å². The zero-order chi connectivity index (χ0) is 13.3. The molecule has 4 heteroatoms. The Kier molecular flexibility index (Phi) is 3.88. The lowest BCUT2D eigenvalue weighted by atomic mass is 10.1. The lowest BCUT2D eigenvalue weighted by Crippen LogP contribution is -2.34. The molecule has 1 heterocycles. The molecule has 18 heavy (non-hydrogen) atoms. The first-order valence-corrected chi connectivity index (χ1v) is 6.40. The predicted molar refractivity (Wildman–Crippen MR) is 72.7 cm³/mol. The van der Waals surface area contributed by atoms with E-state index in [0.29, 0.717) is 29.8 Å². The van der Waals surface area contributed by atoms with Crippen LogP contribution in [0.5, 0.6) is 0 Å². The van der Waals surface area contributed by atoms with Crippen molar-refractivity contribution in [2.45, 2.75) is 19.5 Å². The van der Waals surface area contributed by atoms with Crippen LogP contribution in [0, 0.1) is 11.7 Å². The number of likely N-dealkylation sites (tertiary alicyclic amines) is 1. The van der Waals surface area contributed by atoms with E-state index in [9.17, 15) is 4.39 Å². The monoisotopic (exact) mass is 251 g/mol. The Morgan fingerprint density at radius 1 is 1.39 bits per heavy atom. The third kappa shape index (κ3) is 2.65. The average Bonchev–Trinajstić information content (AvgIpc) is 2.65. The molecule has 0 saturated carbocycles. The van der Waals surface area contributed by atoms with Crippen molar-refractivity contribution in [1.82, 2.24) is 9.80 Å². The van der Waals surface area contributed by atoms with E-state index >= 15 is 0 Å². The van der Waals surface area contributed by atoms with Crippen LogP contribution in [0.25, 0.3) is 0 Å². The Morgan fingerprint density at radius 3 is 2.67 bits per heavy atom. The summed E-state index contributed by atoms with van der Waals surface area (Å²) < 4.78 is 13.7. The van der Waals surface area contributed by atoms with Crippen molar-refractivity contribution in [2.75, 3.05) is 32.9 Å². The highest BCUT2D eigenvalue weighted by atomic mass is 19.1. The Bertz CT molecular complexity index is 399. The highest BCUT2D eigenvalue weighted by Gasteiger charge is 2.31. The van der Waals surface area contributed by atoms with Crippen LogP contribution >= 0.6 is 0 Å². The highest BCUT2D eigenvalue weighted by Crippen LogP contribution is 2.24. The lowest BCUT2D eigenvalue weighted by molar-refractivity contribution is 0.249. The van der Waals surface area contributed by atoms with E-state index < -0.39 is 0 Å². The smallest absolute Gasteiger partial charge is 0.129 e. The first-order valence-electron chi connectivity index (χ1n) is 6.40. The molecule has 0 aliphatic carbocycles. The van der Waals surface area contributed by atoms with Gasteiger partial charge in [0.2, 0.25) is 0 Å². The second kappa shape index (κ2) is 5.24. The van der Waals surface area contributed by atoms with Gasteiger partial charge < -0.3 is 10.6 Å². The van der Waals surface area contributed by atoms with Crippen molar-refractivity contribution in [2.24, 2.45) is 5.92 Å². The third-order valence-electron chi connectivity index (χ3n) is 3.85. The number of hydrogen-bond acceptors (Lipinski definition) is 3. The maximum absolute atomic E-state index is 13.7. The van der Waals surface area contributed by atoms with Crippen LogP contribution < -0.4 is 5.73 Å². The van der Waals surface area contributed by atoms with Gasteiger partial charge in [0.05, 0.1) is 0 Å². The quantitative estimate of drug-likeness (QED) is 0.831. The molecule has 0 radical (unpaired) electrons. The van der Waals surface area contributed by atoms with E-state index in [0.717, 1.165) is 13.1 Å². The molecular formula is C14H22FN3. The van der Waals surface area contributed by atoms with Gasteiger partial charge in [0.25, 0.3) is 0 Å². The van der Waals surface area contributed by atoms with Gasteiger partial charge in [-0.1, -0.05) is 13.0 Å². The minimum atomic E-state index is -0.198. The molecule has 3 nitrogen and oxygen atoms in total. The van der Waals surface area contributed by atoms with Gasteiger partial charge in [-0.15, -0.1) is 0 Å². The van der Waals surface area contributed by atoms with E-state index in [1.54, 1.807) is 12.1 Å². The summed E-state index contributed by atoms with van der Waals surface area (Å²) in [6.45, 7) is 4.82. The van der Waals surface area contributed by atoms with Gasteiger partial charge in [-0.2, -0.15) is 0 Å². The van der Waals surface area contributed by atoms with Crippen molar-refractivity contribution in [3.8, 4) is 0 Å². The molecule has 1 fully saturated rings. The average molecular weight is 251 g/mol. The topological polar surface area (TPSA) is 32.5 Å². The van der Waals surface area contributed by atoms with E-state index in [4.69, 9.17) is 5.73 Å². The zero-order valence-electron chi connectivity index (χ0n) is 11.4. The van der Waals surface area contributed by atoms with Crippen LogP contribution in [-0.4, -0.2) is 43.0 Å². The summed E-state index contributed by atoms with van der Waals surface area (Å²) >= 11 is 0. The number of benzene rings is 1. The standard InChI is InChI=1S/C14H22FN3/c1-10-7-18(9-14(10)17(2)3)8-11-12(15)5-4-6-13(11)16/h4-6,10,14H,7-9,16H2,1-3H3. The second-order valence-electron chi connectivity index (χ2n) is 5.51. The fraction of sp³-hybridized carbons (Fsp3) is 0.571. The summed E-state index contributed by atoms with van der Waals surface area (Å²) in [6, 6.07) is 5.44. The molecule has 2 atom stereocenters. The Hall–Kier alpha value is -1.13. The van der Waals surface area contributed by atoms with Crippen LogP contribution in [0.2, 0.25) is 0 Å². The summed E-state index contributed by atoms with van der Waals surface area (Å²) in [6.07, 6.45) is 0. The number of rotatable bonds is 3. The number of anilines is 1. The van der Waals surface area contributed by atoms with E-state index in [-0.39, 0.29) is 5.82 Å². The fourth-order valence-corrected chi connectivity index (χ4v) is 2.82. The molecule has 1 aliphatic heterocycles. The van der Waals surface area contributed by atoms with Crippen LogP contribution in [0.3, 0.4) is 0 Å². The van der Waals surface area contributed by atoms with Crippen molar-refractivity contribution >= 4 is 5.69 Å². The molecular weight excluding hydrogens is 229 g/mol. The summed E-state index contributed by atoms with van der Waals surface area (Å²) in [7, 11) is 4.20. The fourth-order valence-electron chi connectivity index (χ4n) is 2.82. The van der Waals surface area contributed by atoms with E-state index in [1.807, 2.05) is 0 Å². The summed E-state index contributed by atoms with van der Waals surface area (Å²) in [5, 5.41) is 0. The summed E-state index contributed by atoms with van der Waals surface area (Å²) in [5.74, 6) is 0.406. The molecule has 1 saturated heterocycles. The molecule has 1 aromatic rings. The van der Waals surface area contributed by atoms with Crippen molar-refractivity contribution in [1.29, 1.82) is 0 Å². The second-order valence-corrected chi connectivity index (χ2v) is 5.51. The number of nitrogens with two attached hydrogens (primary N) is 1. The van der Waals surface area contributed by atoms with Gasteiger partial charge in [-0.05, 0) is 32.1 Å². The number of nitrogen functional groups attached to an aromatic ring is 1. The molecule has 0 bridgehead atoms. The zero-order valence-corrected chi connectivity index (χ0v) is 11.4. The number of nitrogens with zero attached hydrogens (tertiary/aromatic N) is 2. The number of hydrogen-bond donors (Lipinski definition) is 1. The first kappa shape index (κ1) is 13.3. The molecule has 0 spiro atoms. The van der Waals surface area contributed by atoms with Gasteiger partial charge in [-0.3, -0.25) is 4.90 Å². The maximum atomic E-state index is 13.7. The first-order chi connectivity index (χ1) is 8.49. The SMILES string of the molecule is CC1CN(Cc2c(N)cccc2F)CC1N(C)C. The van der Waals surface area contributed by atoms with E-state index in [1.165, 1.54) is 6.07 Å². The number of halogens is 1. The maximum Gasteiger partial charge on any atom is 0.129 e. The van der Waals surface area contributed by atoms with Crippen LogP contribution in [0.15, 0.2) is 18.2 Å². The minimum absolute atomic E-state index is 0.198. The Labute approximate surface area is 108 Å². The van der Waals surface area contributed by atoms with Gasteiger partial charge >= 0.3 is 0 Å². The van der Waals surface area contributed by atoms with Crippen LogP contribution in [0.1, 0.15) is 12.5 Å². The highest BCUT2D eigenvalue weighted by molar-refractivity contribution is 5.47. The molecule has 100 valence electrons. The lowest BCUT2D eigenvalue weighted by Gasteiger charge is -2.22. The Morgan fingerprint density at radius 2 is 2.11 bits per heavy atom. The Balaban J connectivity index is 2.08. The number of likely N-dealkylation sites (N-methyl/N-ethyl adjacent to an activating group) is 1.